The van der Waals surface area contributed by atoms with Crippen molar-refractivity contribution in [2.24, 2.45) is 0 Å². The molecular formula is C13H18FN5. The maximum Gasteiger partial charge on any atom is 0.170 e. The molecule has 4 atom stereocenters. The summed E-state index contributed by atoms with van der Waals surface area (Å²) in [5.74, 6) is 0.853. The van der Waals surface area contributed by atoms with Crippen LogP contribution in [0.4, 0.5) is 10.2 Å². The van der Waals surface area contributed by atoms with Gasteiger partial charge in [-0.1, -0.05) is 0 Å². The van der Waals surface area contributed by atoms with Crippen LogP contribution in [0, 0.1) is 0 Å². The summed E-state index contributed by atoms with van der Waals surface area (Å²) in [5, 5.41) is 11.5. The second-order valence-corrected chi connectivity index (χ2v) is 5.95. The molecule has 0 aromatic carbocycles. The number of alkyl halides is 1. The first-order valence-corrected chi connectivity index (χ1v) is 7.12. The van der Waals surface area contributed by atoms with Gasteiger partial charge in [0.1, 0.15) is 12.5 Å². The van der Waals surface area contributed by atoms with Gasteiger partial charge >= 0.3 is 0 Å². The van der Waals surface area contributed by atoms with Crippen molar-refractivity contribution in [3.8, 4) is 0 Å². The molecule has 1 aromatic heterocycles. The quantitative estimate of drug-likeness (QED) is 0.884. The van der Waals surface area contributed by atoms with Crippen molar-refractivity contribution in [3.63, 3.8) is 0 Å². The van der Waals surface area contributed by atoms with E-state index in [1.807, 2.05) is 0 Å². The Morgan fingerprint density at radius 2 is 2.11 bits per heavy atom. The normalized spacial score (nSPS) is 37.3. The first-order valence-electron chi connectivity index (χ1n) is 7.12. The number of hydrogen-bond acceptors (Lipinski definition) is 5. The van der Waals surface area contributed by atoms with Gasteiger partial charge in [-0.2, -0.15) is 0 Å². The van der Waals surface area contributed by atoms with E-state index in [0.29, 0.717) is 24.5 Å². The molecule has 1 saturated carbocycles. The minimum atomic E-state index is -0.684. The van der Waals surface area contributed by atoms with Gasteiger partial charge in [0.05, 0.1) is 6.20 Å². The molecule has 2 saturated heterocycles. The number of halogens is 1. The van der Waals surface area contributed by atoms with E-state index in [4.69, 9.17) is 0 Å². The van der Waals surface area contributed by atoms with E-state index in [9.17, 15) is 4.39 Å². The van der Waals surface area contributed by atoms with Crippen LogP contribution in [0.15, 0.2) is 12.5 Å². The van der Waals surface area contributed by atoms with Gasteiger partial charge in [-0.05, 0) is 32.1 Å². The fourth-order valence-corrected chi connectivity index (χ4v) is 3.62. The molecular weight excluding hydrogens is 245 g/mol. The summed E-state index contributed by atoms with van der Waals surface area (Å²) < 4.78 is 13.8. The van der Waals surface area contributed by atoms with Crippen LogP contribution in [-0.4, -0.2) is 45.5 Å². The number of hydrogen-bond donors (Lipinski definition) is 1. The molecule has 3 aliphatic rings. The first kappa shape index (κ1) is 11.5. The molecule has 0 radical (unpaired) electrons. The molecule has 3 fully saturated rings. The topological polar surface area (TPSA) is 53.9 Å². The smallest absolute Gasteiger partial charge is 0.170 e. The number of anilines is 1. The average Bonchev–Trinajstić information content (AvgIpc) is 3.20. The van der Waals surface area contributed by atoms with Crippen LogP contribution in [0.1, 0.15) is 32.1 Å². The predicted molar refractivity (Wildman–Crippen MR) is 68.6 cm³/mol. The van der Waals surface area contributed by atoms with Gasteiger partial charge in [-0.25, -0.2) is 9.37 Å². The second kappa shape index (κ2) is 4.37. The van der Waals surface area contributed by atoms with Crippen molar-refractivity contribution in [2.45, 2.75) is 62.4 Å². The zero-order valence-electron chi connectivity index (χ0n) is 10.7. The highest BCUT2D eigenvalue weighted by Crippen LogP contribution is 2.38. The third-order valence-electron chi connectivity index (χ3n) is 4.55. The van der Waals surface area contributed by atoms with Gasteiger partial charge in [0.15, 0.2) is 5.82 Å². The number of piperidine rings is 1. The highest BCUT2D eigenvalue weighted by atomic mass is 19.1. The van der Waals surface area contributed by atoms with Crippen LogP contribution in [0.25, 0.3) is 0 Å². The number of aromatic nitrogens is 3. The second-order valence-electron chi connectivity index (χ2n) is 5.95. The van der Waals surface area contributed by atoms with E-state index in [1.165, 1.54) is 19.2 Å². The zero-order chi connectivity index (χ0) is 12.8. The summed E-state index contributed by atoms with van der Waals surface area (Å²) in [6.07, 6.45) is 7.49. The van der Waals surface area contributed by atoms with Crippen LogP contribution in [0.3, 0.4) is 0 Å². The summed E-state index contributed by atoms with van der Waals surface area (Å²) in [7, 11) is 0. The Balaban J connectivity index is 1.59. The summed E-state index contributed by atoms with van der Waals surface area (Å²) in [6, 6.07) is 1.28. The molecule has 3 heterocycles. The summed E-state index contributed by atoms with van der Waals surface area (Å²) >= 11 is 0. The van der Waals surface area contributed by atoms with Gasteiger partial charge < -0.3 is 10.2 Å². The molecule has 102 valence electrons. The summed E-state index contributed by atoms with van der Waals surface area (Å²) in [5.41, 5.74) is 0. The molecule has 2 aliphatic heterocycles. The molecule has 1 N–H and O–H groups in total. The van der Waals surface area contributed by atoms with Crippen LogP contribution < -0.4 is 10.2 Å². The van der Waals surface area contributed by atoms with Crippen LogP contribution in [0.5, 0.6) is 0 Å². The van der Waals surface area contributed by atoms with E-state index < -0.39 is 6.17 Å². The number of nitrogens with one attached hydrogen (secondary N) is 1. The molecule has 1 aliphatic carbocycles. The highest BCUT2D eigenvalue weighted by Gasteiger charge is 2.45. The molecule has 0 unspecified atom stereocenters. The molecule has 1 aromatic rings. The molecule has 5 nitrogen and oxygen atoms in total. The zero-order valence-corrected chi connectivity index (χ0v) is 10.7. The van der Waals surface area contributed by atoms with Gasteiger partial charge in [-0.15, -0.1) is 10.2 Å². The van der Waals surface area contributed by atoms with E-state index >= 15 is 0 Å². The maximum absolute atomic E-state index is 13.8. The number of nitrogens with zero attached hydrogens (tertiary/aromatic N) is 4. The van der Waals surface area contributed by atoms with E-state index in [-0.39, 0.29) is 6.04 Å². The molecule has 0 amide bonds. The van der Waals surface area contributed by atoms with Crippen molar-refractivity contribution in [2.75, 3.05) is 4.90 Å². The largest absolute Gasteiger partial charge is 0.348 e. The van der Waals surface area contributed by atoms with Crippen molar-refractivity contribution in [1.82, 2.24) is 20.5 Å². The van der Waals surface area contributed by atoms with Crippen LogP contribution in [-0.2, 0) is 0 Å². The first-order chi connectivity index (χ1) is 9.31. The minimum Gasteiger partial charge on any atom is -0.348 e. The van der Waals surface area contributed by atoms with Crippen molar-refractivity contribution in [3.05, 3.63) is 12.5 Å². The highest BCUT2D eigenvalue weighted by molar-refractivity contribution is 5.40. The van der Waals surface area contributed by atoms with Gasteiger partial charge in [-0.3, -0.25) is 0 Å². The lowest BCUT2D eigenvalue weighted by Gasteiger charge is -2.38. The van der Waals surface area contributed by atoms with Crippen molar-refractivity contribution >= 4 is 5.82 Å². The Hall–Kier alpha value is -1.30. The maximum atomic E-state index is 13.8. The predicted octanol–water partition coefficient (Wildman–Crippen LogP) is 1.07. The monoisotopic (exact) mass is 263 g/mol. The Labute approximate surface area is 111 Å². The third kappa shape index (κ3) is 2.08. The summed E-state index contributed by atoms with van der Waals surface area (Å²) in [6.45, 7) is 0. The van der Waals surface area contributed by atoms with Gasteiger partial charge in [0, 0.05) is 24.2 Å². The Bertz CT molecular complexity index is 450. The molecule has 6 heteroatoms. The standard InChI is InChI=1S/C13H18FN5/c14-11-4-8-3-10(5-12(11)17-8)19(9-1-2-9)13-6-15-7-16-18-13/h6-12,17H,1-5H2/t8-,10+,11-,12+/m1/s1. The van der Waals surface area contributed by atoms with E-state index in [0.717, 1.165) is 18.7 Å². The Morgan fingerprint density at radius 1 is 1.21 bits per heavy atom. The molecule has 19 heavy (non-hydrogen) atoms. The fraction of sp³-hybridized carbons (Fsp3) is 0.769. The average molecular weight is 263 g/mol. The van der Waals surface area contributed by atoms with Crippen LogP contribution >= 0.6 is 0 Å². The van der Waals surface area contributed by atoms with E-state index in [2.05, 4.69) is 25.4 Å². The Kier molecular flexibility index (Phi) is 2.65. The van der Waals surface area contributed by atoms with Gasteiger partial charge in [0.25, 0.3) is 0 Å². The summed E-state index contributed by atoms with van der Waals surface area (Å²) in [4.78, 5) is 6.42. The molecule has 2 bridgehead atoms. The van der Waals surface area contributed by atoms with Crippen LogP contribution in [0.2, 0.25) is 0 Å². The fourth-order valence-electron chi connectivity index (χ4n) is 3.62. The SMILES string of the molecule is F[C@@H]1C[C@H]2C[C@H](N(c3cncnn3)C3CC3)C[C@@H]1N2. The lowest BCUT2D eigenvalue weighted by molar-refractivity contribution is 0.271. The Morgan fingerprint density at radius 3 is 2.79 bits per heavy atom. The lowest BCUT2D eigenvalue weighted by Crippen LogP contribution is -2.50. The lowest BCUT2D eigenvalue weighted by atomic mass is 9.98. The minimum absolute atomic E-state index is 0.0228. The number of rotatable bonds is 3. The third-order valence-corrected chi connectivity index (χ3v) is 4.55. The number of fused-ring (bicyclic) bond motifs is 2. The molecule has 0 spiro atoms. The van der Waals surface area contributed by atoms with E-state index in [1.54, 1.807) is 6.20 Å². The van der Waals surface area contributed by atoms with Crippen molar-refractivity contribution in [1.29, 1.82) is 0 Å². The molecule has 4 rings (SSSR count). The van der Waals surface area contributed by atoms with Crippen molar-refractivity contribution < 1.29 is 4.39 Å². The van der Waals surface area contributed by atoms with Gasteiger partial charge in [0.2, 0.25) is 0 Å².